The smallest absolute Gasteiger partial charge is 0.328 e. The average molecular weight is 234 g/mol. The summed E-state index contributed by atoms with van der Waals surface area (Å²) in [7, 11) is 1.62. The third-order valence-corrected chi connectivity index (χ3v) is 2.60. The van der Waals surface area contributed by atoms with Gasteiger partial charge in [0.1, 0.15) is 5.75 Å². The van der Waals surface area contributed by atoms with E-state index in [1.54, 1.807) is 7.11 Å². The fourth-order valence-corrected chi connectivity index (χ4v) is 1.83. The van der Waals surface area contributed by atoms with Gasteiger partial charge in [-0.1, -0.05) is 19.4 Å². The van der Waals surface area contributed by atoms with Crippen molar-refractivity contribution in [2.24, 2.45) is 0 Å². The maximum atomic E-state index is 10.8. The Labute approximate surface area is 102 Å². The highest BCUT2D eigenvalue weighted by molar-refractivity contribution is 5.90. The van der Waals surface area contributed by atoms with E-state index in [1.807, 2.05) is 32.0 Å². The second kappa shape index (κ2) is 6.09. The van der Waals surface area contributed by atoms with Gasteiger partial charge < -0.3 is 9.84 Å². The molecule has 0 aliphatic heterocycles. The molecule has 0 bridgehead atoms. The van der Waals surface area contributed by atoms with E-state index in [9.17, 15) is 4.79 Å². The van der Waals surface area contributed by atoms with Crippen LogP contribution in [0.4, 0.5) is 0 Å². The first-order valence-corrected chi connectivity index (χ1v) is 5.67. The average Bonchev–Trinajstić information content (AvgIpc) is 2.27. The zero-order valence-corrected chi connectivity index (χ0v) is 10.5. The number of methoxy groups -OCH3 is 1. The van der Waals surface area contributed by atoms with Crippen LogP contribution in [0.1, 0.15) is 30.9 Å². The molecular weight excluding hydrogens is 216 g/mol. The molecular formula is C14H18O3. The van der Waals surface area contributed by atoms with Crippen molar-refractivity contribution in [3.05, 3.63) is 35.4 Å². The Bertz CT molecular complexity index is 433. The predicted octanol–water partition coefficient (Wildman–Crippen LogP) is 3.27. The first-order valence-electron chi connectivity index (χ1n) is 5.67. The fourth-order valence-electron chi connectivity index (χ4n) is 1.83. The highest BCUT2D eigenvalue weighted by Crippen LogP contribution is 2.26. The molecule has 3 heteroatoms. The molecule has 0 spiro atoms. The fraction of sp³-hybridized carbons (Fsp3) is 0.357. The Morgan fingerprint density at radius 2 is 2.18 bits per heavy atom. The third kappa shape index (κ3) is 3.63. The summed E-state index contributed by atoms with van der Waals surface area (Å²) >= 11 is 0. The predicted molar refractivity (Wildman–Crippen MR) is 68.3 cm³/mol. The normalized spacial score (nSPS) is 11.4. The molecule has 0 radical (unpaired) electrons. The minimum atomic E-state index is -0.899. The van der Waals surface area contributed by atoms with Gasteiger partial charge >= 0.3 is 5.97 Å². The molecule has 0 aliphatic carbocycles. The first-order chi connectivity index (χ1) is 8.08. The Balaban J connectivity index is 3.15. The number of allylic oxidation sites excluding steroid dienone is 1. The van der Waals surface area contributed by atoms with Crippen LogP contribution in [0.3, 0.4) is 0 Å². The summed E-state index contributed by atoms with van der Waals surface area (Å²) in [5.41, 5.74) is 2.88. The number of carbonyl (C=O) groups is 1. The van der Waals surface area contributed by atoms with Crippen LogP contribution in [0.15, 0.2) is 24.3 Å². The lowest BCUT2D eigenvalue weighted by Crippen LogP contribution is -1.95. The second-order valence-electron chi connectivity index (χ2n) is 3.94. The zero-order chi connectivity index (χ0) is 12.8. The van der Waals surface area contributed by atoms with Gasteiger partial charge in [-0.15, -0.1) is 0 Å². The van der Waals surface area contributed by atoms with Gasteiger partial charge in [-0.05, 0) is 42.2 Å². The van der Waals surface area contributed by atoms with Gasteiger partial charge in [0.05, 0.1) is 7.11 Å². The Hall–Kier alpha value is -1.77. The van der Waals surface area contributed by atoms with Gasteiger partial charge in [-0.3, -0.25) is 0 Å². The second-order valence-corrected chi connectivity index (χ2v) is 3.94. The van der Waals surface area contributed by atoms with Crippen molar-refractivity contribution < 1.29 is 14.6 Å². The van der Waals surface area contributed by atoms with E-state index >= 15 is 0 Å². The standard InChI is InChI=1S/C14H18O3/c1-4-5-11(9-14(15)16)13-7-6-12(17-3)8-10(13)2/h6-9H,4-5H2,1-3H3,(H,15,16)/b11-9+. The molecule has 1 aromatic carbocycles. The number of benzene rings is 1. The molecule has 0 saturated carbocycles. The molecule has 3 nitrogen and oxygen atoms in total. The van der Waals surface area contributed by atoms with Gasteiger partial charge in [-0.2, -0.15) is 0 Å². The van der Waals surface area contributed by atoms with Gasteiger partial charge in [0.2, 0.25) is 0 Å². The van der Waals surface area contributed by atoms with E-state index in [0.29, 0.717) is 0 Å². The van der Waals surface area contributed by atoms with Crippen LogP contribution in [0.25, 0.3) is 5.57 Å². The third-order valence-electron chi connectivity index (χ3n) is 2.60. The van der Waals surface area contributed by atoms with Crippen molar-refractivity contribution in [1.29, 1.82) is 0 Å². The van der Waals surface area contributed by atoms with Crippen molar-refractivity contribution in [2.75, 3.05) is 7.11 Å². The van der Waals surface area contributed by atoms with Crippen LogP contribution in [0, 0.1) is 6.92 Å². The molecule has 0 amide bonds. The number of carboxylic acid groups (broad SMARTS) is 1. The number of rotatable bonds is 5. The quantitative estimate of drug-likeness (QED) is 0.795. The zero-order valence-electron chi connectivity index (χ0n) is 10.5. The number of carboxylic acids is 1. The highest BCUT2D eigenvalue weighted by Gasteiger charge is 2.07. The summed E-state index contributed by atoms with van der Waals surface area (Å²) in [4.78, 5) is 10.8. The highest BCUT2D eigenvalue weighted by atomic mass is 16.5. The van der Waals surface area contributed by atoms with Gasteiger partial charge in [0.15, 0.2) is 0 Å². The van der Waals surface area contributed by atoms with Crippen LogP contribution >= 0.6 is 0 Å². The van der Waals surface area contributed by atoms with Crippen molar-refractivity contribution in [2.45, 2.75) is 26.7 Å². The Kier molecular flexibility index (Phi) is 4.76. The van der Waals surface area contributed by atoms with Crippen LogP contribution in [0.5, 0.6) is 5.75 Å². The summed E-state index contributed by atoms with van der Waals surface area (Å²) in [5.74, 6) is -0.110. The molecule has 0 heterocycles. The first kappa shape index (κ1) is 13.3. The van der Waals surface area contributed by atoms with Crippen LogP contribution in [0.2, 0.25) is 0 Å². The van der Waals surface area contributed by atoms with Crippen LogP contribution < -0.4 is 4.74 Å². The summed E-state index contributed by atoms with van der Waals surface area (Å²) in [6.45, 7) is 4.00. The van der Waals surface area contributed by atoms with Crippen molar-refractivity contribution in [1.82, 2.24) is 0 Å². The van der Waals surface area contributed by atoms with Gasteiger partial charge in [0.25, 0.3) is 0 Å². The lowest BCUT2D eigenvalue weighted by Gasteiger charge is -2.11. The molecule has 0 aromatic heterocycles. The van der Waals surface area contributed by atoms with Gasteiger partial charge in [-0.25, -0.2) is 4.79 Å². The molecule has 0 atom stereocenters. The molecule has 0 saturated heterocycles. The van der Waals surface area contributed by atoms with Crippen molar-refractivity contribution in [3.63, 3.8) is 0 Å². The van der Waals surface area contributed by atoms with E-state index in [0.717, 1.165) is 35.3 Å². The molecule has 17 heavy (non-hydrogen) atoms. The lowest BCUT2D eigenvalue weighted by molar-refractivity contribution is -0.131. The lowest BCUT2D eigenvalue weighted by atomic mass is 9.96. The maximum absolute atomic E-state index is 10.8. The van der Waals surface area contributed by atoms with E-state index in [4.69, 9.17) is 9.84 Å². The van der Waals surface area contributed by atoms with Crippen molar-refractivity contribution >= 4 is 11.5 Å². The summed E-state index contributed by atoms with van der Waals surface area (Å²) in [6.07, 6.45) is 2.97. The Morgan fingerprint density at radius 1 is 1.47 bits per heavy atom. The van der Waals surface area contributed by atoms with E-state index in [2.05, 4.69) is 0 Å². The van der Waals surface area contributed by atoms with Crippen LogP contribution in [-0.4, -0.2) is 18.2 Å². The number of hydrogen-bond acceptors (Lipinski definition) is 2. The van der Waals surface area contributed by atoms with Crippen LogP contribution in [-0.2, 0) is 4.79 Å². The summed E-state index contributed by atoms with van der Waals surface area (Å²) in [5, 5.41) is 8.86. The van der Waals surface area contributed by atoms with Crippen molar-refractivity contribution in [3.8, 4) is 5.75 Å². The summed E-state index contributed by atoms with van der Waals surface area (Å²) in [6, 6.07) is 5.69. The monoisotopic (exact) mass is 234 g/mol. The summed E-state index contributed by atoms with van der Waals surface area (Å²) < 4.78 is 5.14. The number of hydrogen-bond donors (Lipinski definition) is 1. The maximum Gasteiger partial charge on any atom is 0.328 e. The Morgan fingerprint density at radius 3 is 2.65 bits per heavy atom. The molecule has 92 valence electrons. The molecule has 0 fully saturated rings. The molecule has 0 aliphatic rings. The molecule has 0 unspecified atom stereocenters. The number of ether oxygens (including phenoxy) is 1. The molecule has 1 N–H and O–H groups in total. The van der Waals surface area contributed by atoms with E-state index < -0.39 is 5.97 Å². The minimum Gasteiger partial charge on any atom is -0.497 e. The number of aliphatic carboxylic acids is 1. The molecule has 1 aromatic rings. The molecule has 1 rings (SSSR count). The van der Waals surface area contributed by atoms with Gasteiger partial charge in [0, 0.05) is 6.08 Å². The van der Waals surface area contributed by atoms with E-state index in [-0.39, 0.29) is 0 Å². The number of aryl methyl sites for hydroxylation is 1. The largest absolute Gasteiger partial charge is 0.497 e. The minimum absolute atomic E-state index is 0.763. The SMILES string of the molecule is CCC/C(=C\C(=O)O)c1ccc(OC)cc1C. The van der Waals surface area contributed by atoms with E-state index in [1.165, 1.54) is 6.08 Å². The topological polar surface area (TPSA) is 46.5 Å².